The molecule has 23 heavy (non-hydrogen) atoms. The van der Waals surface area contributed by atoms with Crippen molar-refractivity contribution in [3.63, 3.8) is 0 Å². The minimum Gasteiger partial charge on any atom is -0.494 e. The smallest absolute Gasteiger partial charge is 0.224 e. The van der Waals surface area contributed by atoms with Crippen LogP contribution in [0.5, 0.6) is 5.75 Å². The second kappa shape index (κ2) is 10.2. The Bertz CT molecular complexity index is 455. The molecular weight excluding hydrogens is 294 g/mol. The molecule has 0 radical (unpaired) electrons. The summed E-state index contributed by atoms with van der Waals surface area (Å²) in [7, 11) is 0. The van der Waals surface area contributed by atoms with E-state index in [9.17, 15) is 4.79 Å². The zero-order valence-corrected chi connectivity index (χ0v) is 13.9. The molecular formula is C18H27NO4. The third kappa shape index (κ3) is 7.01. The van der Waals surface area contributed by atoms with E-state index in [1.165, 1.54) is 0 Å². The number of benzene rings is 1. The SMILES string of the molecule is CCOc1ccc(CC(=O)NCCCOCC2CCCO2)cc1. The van der Waals surface area contributed by atoms with E-state index < -0.39 is 0 Å². The molecule has 1 atom stereocenters. The van der Waals surface area contributed by atoms with Gasteiger partial charge in [0.1, 0.15) is 5.75 Å². The van der Waals surface area contributed by atoms with Gasteiger partial charge in [-0.3, -0.25) is 4.79 Å². The third-order valence-corrected chi connectivity index (χ3v) is 3.71. The van der Waals surface area contributed by atoms with Gasteiger partial charge in [-0.2, -0.15) is 0 Å². The van der Waals surface area contributed by atoms with Gasteiger partial charge in [-0.15, -0.1) is 0 Å². The highest BCUT2D eigenvalue weighted by molar-refractivity contribution is 5.78. The molecule has 0 saturated carbocycles. The second-order valence-electron chi connectivity index (χ2n) is 5.67. The van der Waals surface area contributed by atoms with Crippen molar-refractivity contribution in [2.75, 3.05) is 33.0 Å². The Kier molecular flexibility index (Phi) is 7.90. The fourth-order valence-electron chi connectivity index (χ4n) is 2.51. The topological polar surface area (TPSA) is 56.8 Å². The molecule has 1 unspecified atom stereocenters. The molecule has 1 N–H and O–H groups in total. The summed E-state index contributed by atoms with van der Waals surface area (Å²) in [6.45, 7) is 5.42. The largest absolute Gasteiger partial charge is 0.494 e. The van der Waals surface area contributed by atoms with Crippen molar-refractivity contribution in [1.82, 2.24) is 5.32 Å². The van der Waals surface area contributed by atoms with Gasteiger partial charge >= 0.3 is 0 Å². The van der Waals surface area contributed by atoms with Gasteiger partial charge in [0.05, 0.1) is 25.7 Å². The number of ether oxygens (including phenoxy) is 3. The monoisotopic (exact) mass is 321 g/mol. The molecule has 1 fully saturated rings. The summed E-state index contributed by atoms with van der Waals surface area (Å²) in [5, 5.41) is 2.92. The Morgan fingerprint density at radius 3 is 2.87 bits per heavy atom. The molecule has 5 nitrogen and oxygen atoms in total. The number of carbonyl (C=O) groups excluding carboxylic acids is 1. The van der Waals surface area contributed by atoms with Crippen LogP contribution in [0.3, 0.4) is 0 Å². The number of hydrogen-bond donors (Lipinski definition) is 1. The highest BCUT2D eigenvalue weighted by atomic mass is 16.5. The Hall–Kier alpha value is -1.59. The molecule has 1 aromatic rings. The van der Waals surface area contributed by atoms with E-state index in [2.05, 4.69) is 5.32 Å². The van der Waals surface area contributed by atoms with Gasteiger partial charge < -0.3 is 19.5 Å². The Balaban J connectivity index is 1.52. The highest BCUT2D eigenvalue weighted by Gasteiger charge is 2.14. The maximum Gasteiger partial charge on any atom is 0.224 e. The molecule has 1 heterocycles. The zero-order valence-electron chi connectivity index (χ0n) is 13.9. The van der Waals surface area contributed by atoms with Crippen LogP contribution in [-0.4, -0.2) is 45.0 Å². The lowest BCUT2D eigenvalue weighted by Crippen LogP contribution is -2.27. The Morgan fingerprint density at radius 2 is 2.17 bits per heavy atom. The van der Waals surface area contributed by atoms with Crippen molar-refractivity contribution in [2.24, 2.45) is 0 Å². The lowest BCUT2D eigenvalue weighted by atomic mass is 10.1. The van der Waals surface area contributed by atoms with Crippen LogP contribution in [0.15, 0.2) is 24.3 Å². The first-order valence-corrected chi connectivity index (χ1v) is 8.45. The average molecular weight is 321 g/mol. The molecule has 2 rings (SSSR count). The molecule has 5 heteroatoms. The molecule has 0 aliphatic carbocycles. The molecule has 1 saturated heterocycles. The summed E-state index contributed by atoms with van der Waals surface area (Å²) in [6, 6.07) is 7.64. The summed E-state index contributed by atoms with van der Waals surface area (Å²) in [6.07, 6.45) is 3.71. The first-order valence-electron chi connectivity index (χ1n) is 8.45. The Labute approximate surface area is 138 Å². The fourth-order valence-corrected chi connectivity index (χ4v) is 2.51. The van der Waals surface area contributed by atoms with Gasteiger partial charge in [0, 0.05) is 19.8 Å². The fraction of sp³-hybridized carbons (Fsp3) is 0.611. The van der Waals surface area contributed by atoms with Crippen molar-refractivity contribution in [3.05, 3.63) is 29.8 Å². The van der Waals surface area contributed by atoms with Crippen molar-refractivity contribution in [3.8, 4) is 5.75 Å². The number of amides is 1. The molecule has 1 aliphatic heterocycles. The highest BCUT2D eigenvalue weighted by Crippen LogP contribution is 2.13. The number of carbonyl (C=O) groups is 1. The van der Waals surface area contributed by atoms with E-state index in [1.54, 1.807) is 0 Å². The average Bonchev–Trinajstić information content (AvgIpc) is 3.06. The standard InChI is InChI=1S/C18H27NO4/c1-2-22-16-8-6-15(7-9-16)13-18(20)19-10-4-11-21-14-17-5-3-12-23-17/h6-9,17H,2-5,10-14H2,1H3,(H,19,20). The van der Waals surface area contributed by atoms with Crippen LogP contribution in [-0.2, 0) is 20.7 Å². The summed E-state index contributed by atoms with van der Waals surface area (Å²) >= 11 is 0. The van der Waals surface area contributed by atoms with Gasteiger partial charge in [-0.25, -0.2) is 0 Å². The Morgan fingerprint density at radius 1 is 1.35 bits per heavy atom. The van der Waals surface area contributed by atoms with Crippen molar-refractivity contribution in [1.29, 1.82) is 0 Å². The van der Waals surface area contributed by atoms with Gasteiger partial charge in [0.15, 0.2) is 0 Å². The number of hydrogen-bond acceptors (Lipinski definition) is 4. The zero-order chi connectivity index (χ0) is 16.3. The maximum atomic E-state index is 11.9. The molecule has 128 valence electrons. The van der Waals surface area contributed by atoms with E-state index in [4.69, 9.17) is 14.2 Å². The maximum absolute atomic E-state index is 11.9. The van der Waals surface area contributed by atoms with Crippen molar-refractivity contribution in [2.45, 2.75) is 38.7 Å². The van der Waals surface area contributed by atoms with E-state index in [1.807, 2.05) is 31.2 Å². The summed E-state index contributed by atoms with van der Waals surface area (Å²) in [5.74, 6) is 0.869. The first-order chi connectivity index (χ1) is 11.3. The van der Waals surface area contributed by atoms with Gasteiger partial charge in [0.2, 0.25) is 5.91 Å². The van der Waals surface area contributed by atoms with Crippen LogP contribution in [0.1, 0.15) is 31.7 Å². The van der Waals surface area contributed by atoms with Crippen LogP contribution in [0.4, 0.5) is 0 Å². The van der Waals surface area contributed by atoms with E-state index >= 15 is 0 Å². The molecule has 1 aromatic carbocycles. The quantitative estimate of drug-likeness (QED) is 0.672. The molecule has 0 aromatic heterocycles. The van der Waals surface area contributed by atoms with E-state index in [0.717, 1.165) is 37.2 Å². The van der Waals surface area contributed by atoms with Crippen LogP contribution in [0, 0.1) is 0 Å². The molecule has 1 amide bonds. The first kappa shape index (κ1) is 17.8. The normalized spacial score (nSPS) is 17.2. The van der Waals surface area contributed by atoms with Crippen LogP contribution in [0.2, 0.25) is 0 Å². The van der Waals surface area contributed by atoms with Crippen molar-refractivity contribution < 1.29 is 19.0 Å². The third-order valence-electron chi connectivity index (χ3n) is 3.71. The lowest BCUT2D eigenvalue weighted by Gasteiger charge is -2.10. The summed E-state index contributed by atoms with van der Waals surface area (Å²) < 4.78 is 16.4. The lowest BCUT2D eigenvalue weighted by molar-refractivity contribution is -0.120. The van der Waals surface area contributed by atoms with Gasteiger partial charge in [-0.05, 0) is 43.9 Å². The van der Waals surface area contributed by atoms with Crippen molar-refractivity contribution >= 4 is 5.91 Å². The summed E-state index contributed by atoms with van der Waals surface area (Å²) in [4.78, 5) is 11.9. The summed E-state index contributed by atoms with van der Waals surface area (Å²) in [5.41, 5.74) is 0.987. The van der Waals surface area contributed by atoms with Gasteiger partial charge in [0.25, 0.3) is 0 Å². The predicted molar refractivity (Wildman–Crippen MR) is 88.7 cm³/mol. The van der Waals surface area contributed by atoms with Gasteiger partial charge in [-0.1, -0.05) is 12.1 Å². The minimum absolute atomic E-state index is 0.0355. The molecule has 0 spiro atoms. The second-order valence-corrected chi connectivity index (χ2v) is 5.67. The molecule has 1 aliphatic rings. The van der Waals surface area contributed by atoms with Crippen LogP contribution in [0.25, 0.3) is 0 Å². The van der Waals surface area contributed by atoms with Crippen LogP contribution >= 0.6 is 0 Å². The molecule has 0 bridgehead atoms. The number of rotatable bonds is 10. The van der Waals surface area contributed by atoms with E-state index in [0.29, 0.717) is 32.8 Å². The van der Waals surface area contributed by atoms with E-state index in [-0.39, 0.29) is 12.0 Å². The minimum atomic E-state index is 0.0355. The van der Waals surface area contributed by atoms with Crippen LogP contribution < -0.4 is 10.1 Å². The number of nitrogens with one attached hydrogen (secondary N) is 1. The predicted octanol–water partition coefficient (Wildman–Crippen LogP) is 2.33.